The number of nitrogens with zero attached hydrogens (tertiary/aromatic N) is 3. The van der Waals surface area contributed by atoms with Gasteiger partial charge in [0.2, 0.25) is 0 Å². The van der Waals surface area contributed by atoms with Crippen LogP contribution in [0.2, 0.25) is 0 Å². The number of hydrogen-bond acceptors (Lipinski definition) is 4. The Labute approximate surface area is 152 Å². The Morgan fingerprint density at radius 2 is 1.92 bits per heavy atom. The van der Waals surface area contributed by atoms with Gasteiger partial charge in [-0.25, -0.2) is 14.7 Å². The molecule has 0 saturated carbocycles. The Morgan fingerprint density at radius 3 is 2.62 bits per heavy atom. The lowest BCUT2D eigenvalue weighted by Crippen LogP contribution is -2.80. The lowest BCUT2D eigenvalue weighted by Gasteiger charge is -2.32. The zero-order valence-electron chi connectivity index (χ0n) is 15.4. The van der Waals surface area contributed by atoms with E-state index in [1.807, 2.05) is 37.4 Å². The van der Waals surface area contributed by atoms with Crippen molar-refractivity contribution in [1.29, 1.82) is 0 Å². The van der Waals surface area contributed by atoms with Gasteiger partial charge >= 0.3 is 6.03 Å². The summed E-state index contributed by atoms with van der Waals surface area (Å²) in [5.74, 6) is 0.441. The van der Waals surface area contributed by atoms with Gasteiger partial charge in [0, 0.05) is 18.2 Å². The molecule has 1 N–H and O–H groups in total. The van der Waals surface area contributed by atoms with Crippen LogP contribution in [0.4, 0.5) is 4.79 Å². The number of hydrogen-bond donors (Lipinski definition) is 1. The number of amides is 3. The molecule has 1 aromatic carbocycles. The molecule has 0 radical (unpaired) electrons. The molecule has 3 rings (SSSR count). The molecule has 1 atom stereocenters. The number of methoxy groups -OCH3 is 1. The second kappa shape index (κ2) is 7.11. The van der Waals surface area contributed by atoms with Crippen molar-refractivity contribution in [1.82, 2.24) is 9.80 Å². The minimum atomic E-state index is -0.600. The first-order valence-electron chi connectivity index (χ1n) is 8.53. The fraction of sp³-hybridized carbons (Fsp3) is 0.368. The van der Waals surface area contributed by atoms with Crippen LogP contribution in [0.3, 0.4) is 0 Å². The summed E-state index contributed by atoms with van der Waals surface area (Å²) >= 11 is 0. The van der Waals surface area contributed by atoms with Gasteiger partial charge < -0.3 is 4.74 Å². The third-order valence-electron chi connectivity index (χ3n) is 4.78. The summed E-state index contributed by atoms with van der Waals surface area (Å²) in [5.41, 5.74) is 2.60. The van der Waals surface area contributed by atoms with E-state index in [1.54, 1.807) is 14.2 Å². The van der Waals surface area contributed by atoms with Gasteiger partial charge in [-0.2, -0.15) is 4.90 Å². The van der Waals surface area contributed by atoms with Gasteiger partial charge in [0.25, 0.3) is 11.7 Å². The fourth-order valence-corrected chi connectivity index (χ4v) is 3.25. The lowest BCUT2D eigenvalue weighted by atomic mass is 9.89. The van der Waals surface area contributed by atoms with Crippen molar-refractivity contribution in [3.63, 3.8) is 0 Å². The van der Waals surface area contributed by atoms with E-state index >= 15 is 0 Å². The van der Waals surface area contributed by atoms with Crippen LogP contribution in [-0.2, 0) is 11.3 Å². The number of fused-ring (bicyclic) bond motifs is 1. The Hall–Kier alpha value is -2.96. The van der Waals surface area contributed by atoms with Crippen LogP contribution >= 0.6 is 0 Å². The second-order valence-electron chi connectivity index (χ2n) is 6.24. The molecular formula is C19H23N4O3+. The van der Waals surface area contributed by atoms with Crippen LogP contribution in [0, 0.1) is 5.92 Å². The molecule has 2 aliphatic heterocycles. The summed E-state index contributed by atoms with van der Waals surface area (Å²) in [6, 6.07) is 7.32. The first-order chi connectivity index (χ1) is 12.5. The summed E-state index contributed by atoms with van der Waals surface area (Å²) in [5, 5.41) is 0. The molecule has 26 heavy (non-hydrogen) atoms. The van der Waals surface area contributed by atoms with Crippen LogP contribution in [0.25, 0.3) is 0 Å². The fourth-order valence-electron chi connectivity index (χ4n) is 3.25. The number of carbonyl (C=O) groups excluding carboxylic acids is 2. The lowest BCUT2D eigenvalue weighted by molar-refractivity contribution is -0.383. The number of aliphatic imine (C=N–C) groups is 1. The van der Waals surface area contributed by atoms with E-state index in [4.69, 9.17) is 9.73 Å². The normalized spacial score (nSPS) is 21.5. The predicted octanol–water partition coefficient (Wildman–Crippen LogP) is 0.563. The van der Waals surface area contributed by atoms with Crippen molar-refractivity contribution in [3.05, 3.63) is 41.6 Å². The summed E-state index contributed by atoms with van der Waals surface area (Å²) in [7, 11) is 4.78. The molecular weight excluding hydrogens is 332 g/mol. The Morgan fingerprint density at radius 1 is 1.19 bits per heavy atom. The average molecular weight is 355 g/mol. The van der Waals surface area contributed by atoms with E-state index in [-0.39, 0.29) is 11.9 Å². The molecule has 2 heterocycles. The molecule has 1 aromatic rings. The van der Waals surface area contributed by atoms with Crippen molar-refractivity contribution in [3.8, 4) is 5.75 Å². The number of carbonyl (C=O) groups is 2. The number of urea groups is 1. The standard InChI is InChI=1S/C19H22N4O3/c1-5-12-10-21-17-15(18(24)23(3)19(25)22(17)2)16(12)20-11-13-8-6-7-9-14(13)26-4/h6-10,15H,5,11H2,1-4H3/p+1. The molecule has 2 aliphatic rings. The van der Waals surface area contributed by atoms with Crippen molar-refractivity contribution in [2.45, 2.75) is 19.9 Å². The number of para-hydroxylation sites is 1. The van der Waals surface area contributed by atoms with Gasteiger partial charge in [-0.05, 0) is 12.5 Å². The topological polar surface area (TPSA) is 76.2 Å². The van der Waals surface area contributed by atoms with E-state index in [0.29, 0.717) is 18.1 Å². The monoisotopic (exact) mass is 355 g/mol. The van der Waals surface area contributed by atoms with Crippen LogP contribution in [0.1, 0.15) is 18.9 Å². The third-order valence-corrected chi connectivity index (χ3v) is 4.78. The number of amidine groups is 1. The van der Waals surface area contributed by atoms with Gasteiger partial charge in [-0.3, -0.25) is 9.79 Å². The molecule has 0 bridgehead atoms. The Kier molecular flexibility index (Phi) is 4.88. The maximum Gasteiger partial charge on any atom is 0.417 e. The first-order valence-corrected chi connectivity index (χ1v) is 8.53. The smallest absolute Gasteiger partial charge is 0.417 e. The molecule has 7 nitrogen and oxygen atoms in total. The van der Waals surface area contributed by atoms with Crippen LogP contribution in [-0.4, -0.2) is 54.5 Å². The Balaban J connectivity index is 2.01. The molecule has 136 valence electrons. The summed E-state index contributed by atoms with van der Waals surface area (Å²) < 4.78 is 5.38. The summed E-state index contributed by atoms with van der Waals surface area (Å²) in [6.45, 7) is 2.41. The third kappa shape index (κ3) is 2.89. The van der Waals surface area contributed by atoms with E-state index < -0.39 is 5.92 Å². The van der Waals surface area contributed by atoms with Crippen molar-refractivity contribution in [2.75, 3.05) is 21.2 Å². The number of benzene rings is 1. The van der Waals surface area contributed by atoms with Crippen molar-refractivity contribution >= 4 is 23.5 Å². The highest BCUT2D eigenvalue weighted by atomic mass is 16.5. The van der Waals surface area contributed by atoms with E-state index in [1.165, 1.54) is 11.9 Å². The molecule has 0 aromatic heterocycles. The predicted molar refractivity (Wildman–Crippen MR) is 97.9 cm³/mol. The Bertz CT molecular complexity index is 841. The SMILES string of the molecule is CCC1=C[NH+]=C2C(C(=O)N(C)C(=O)N2C)C1=NCc1ccccc1OC. The minimum Gasteiger partial charge on any atom is -0.496 e. The molecule has 1 saturated heterocycles. The van der Waals surface area contributed by atoms with E-state index in [0.717, 1.165) is 28.2 Å². The second-order valence-corrected chi connectivity index (χ2v) is 6.24. The highest BCUT2D eigenvalue weighted by Crippen LogP contribution is 2.24. The van der Waals surface area contributed by atoms with E-state index in [2.05, 4.69) is 4.99 Å². The molecule has 0 aliphatic carbocycles. The quantitative estimate of drug-likeness (QED) is 0.858. The molecule has 7 heteroatoms. The first kappa shape index (κ1) is 17.8. The molecule has 0 spiro atoms. The van der Waals surface area contributed by atoms with Gasteiger partial charge in [0.05, 0.1) is 32.6 Å². The largest absolute Gasteiger partial charge is 0.496 e. The highest BCUT2D eigenvalue weighted by molar-refractivity contribution is 6.31. The van der Waals surface area contributed by atoms with Crippen molar-refractivity contribution in [2.24, 2.45) is 10.9 Å². The van der Waals surface area contributed by atoms with Crippen LogP contribution < -0.4 is 9.73 Å². The van der Waals surface area contributed by atoms with Crippen molar-refractivity contribution < 1.29 is 19.3 Å². The highest BCUT2D eigenvalue weighted by Gasteiger charge is 2.50. The maximum atomic E-state index is 12.8. The summed E-state index contributed by atoms with van der Waals surface area (Å²) in [4.78, 5) is 35.5. The number of rotatable bonds is 4. The summed E-state index contributed by atoms with van der Waals surface area (Å²) in [6.07, 6.45) is 2.56. The van der Waals surface area contributed by atoms with Gasteiger partial charge in [0.15, 0.2) is 5.92 Å². The van der Waals surface area contributed by atoms with Gasteiger partial charge in [-0.15, -0.1) is 0 Å². The number of ether oxygens (including phenoxy) is 1. The van der Waals surface area contributed by atoms with Gasteiger partial charge in [-0.1, -0.05) is 25.1 Å². The number of nitrogens with one attached hydrogen (secondary N) is 1. The maximum absolute atomic E-state index is 12.8. The van der Waals surface area contributed by atoms with Crippen LogP contribution in [0.15, 0.2) is 41.0 Å². The average Bonchev–Trinajstić information content (AvgIpc) is 2.68. The zero-order valence-corrected chi connectivity index (χ0v) is 15.4. The number of allylic oxidation sites excluding steroid dienone is 1. The zero-order chi connectivity index (χ0) is 18.8. The molecule has 1 fully saturated rings. The molecule has 3 amide bonds. The minimum absolute atomic E-state index is 0.270. The number of imide groups is 1. The van der Waals surface area contributed by atoms with Crippen LogP contribution in [0.5, 0.6) is 5.75 Å². The van der Waals surface area contributed by atoms with Gasteiger partial charge in [0.1, 0.15) is 5.75 Å². The molecule has 1 unspecified atom stereocenters. The van der Waals surface area contributed by atoms with E-state index in [9.17, 15) is 9.59 Å².